The molecule has 0 aliphatic carbocycles. The maximum atomic E-state index is 12.5. The summed E-state index contributed by atoms with van der Waals surface area (Å²) < 4.78 is 11.0. The van der Waals surface area contributed by atoms with Crippen LogP contribution >= 0.6 is 11.6 Å². The Morgan fingerprint density at radius 2 is 2.04 bits per heavy atom. The van der Waals surface area contributed by atoms with E-state index in [-0.39, 0.29) is 25.0 Å². The Balaban J connectivity index is 1.82. The van der Waals surface area contributed by atoms with E-state index in [0.29, 0.717) is 22.2 Å². The molecular formula is C20H20ClNO4. The fourth-order valence-corrected chi connectivity index (χ4v) is 2.99. The molecule has 0 fully saturated rings. The molecule has 0 radical (unpaired) electrons. The number of anilines is 1. The van der Waals surface area contributed by atoms with Gasteiger partial charge in [0.1, 0.15) is 18.0 Å². The SMILES string of the molecule is Cc1cc(OC(=O)CN2C(=O)COc3ccccc32)c(C(C)C)cc1Cl. The first kappa shape index (κ1) is 18.3. The molecule has 0 N–H and O–H groups in total. The minimum atomic E-state index is -0.515. The third-order valence-corrected chi connectivity index (χ3v) is 4.64. The van der Waals surface area contributed by atoms with Gasteiger partial charge in [0.15, 0.2) is 6.61 Å². The smallest absolute Gasteiger partial charge is 0.331 e. The van der Waals surface area contributed by atoms with Gasteiger partial charge >= 0.3 is 5.97 Å². The van der Waals surface area contributed by atoms with Crippen LogP contribution < -0.4 is 14.4 Å². The van der Waals surface area contributed by atoms with Crippen molar-refractivity contribution >= 4 is 29.2 Å². The largest absolute Gasteiger partial charge is 0.482 e. The van der Waals surface area contributed by atoms with Crippen molar-refractivity contribution in [2.45, 2.75) is 26.7 Å². The molecule has 0 unspecified atom stereocenters. The van der Waals surface area contributed by atoms with Crippen LogP contribution in [0.4, 0.5) is 5.69 Å². The Hall–Kier alpha value is -2.53. The van der Waals surface area contributed by atoms with Gasteiger partial charge < -0.3 is 9.47 Å². The average molecular weight is 374 g/mol. The normalized spacial score (nSPS) is 13.4. The molecule has 0 saturated carbocycles. The lowest BCUT2D eigenvalue weighted by Crippen LogP contribution is -2.43. The number of aryl methyl sites for hydroxylation is 1. The van der Waals surface area contributed by atoms with Crippen LogP contribution in [0, 0.1) is 6.92 Å². The van der Waals surface area contributed by atoms with E-state index in [4.69, 9.17) is 21.1 Å². The second kappa shape index (κ2) is 7.38. The van der Waals surface area contributed by atoms with E-state index in [9.17, 15) is 9.59 Å². The van der Waals surface area contributed by atoms with E-state index >= 15 is 0 Å². The number of carbonyl (C=O) groups is 2. The Morgan fingerprint density at radius 3 is 2.77 bits per heavy atom. The minimum absolute atomic E-state index is 0.0956. The highest BCUT2D eigenvalue weighted by Gasteiger charge is 2.28. The summed E-state index contributed by atoms with van der Waals surface area (Å²) in [5.74, 6) is 0.392. The molecule has 2 aromatic carbocycles. The summed E-state index contributed by atoms with van der Waals surface area (Å²) in [7, 11) is 0. The summed E-state index contributed by atoms with van der Waals surface area (Å²) in [5, 5.41) is 0.630. The first-order valence-corrected chi connectivity index (χ1v) is 8.77. The van der Waals surface area contributed by atoms with Gasteiger partial charge in [-0.05, 0) is 48.2 Å². The summed E-state index contributed by atoms with van der Waals surface area (Å²) in [5.41, 5.74) is 2.24. The highest BCUT2D eigenvalue weighted by Crippen LogP contribution is 2.33. The monoisotopic (exact) mass is 373 g/mol. The quantitative estimate of drug-likeness (QED) is 0.598. The highest BCUT2D eigenvalue weighted by molar-refractivity contribution is 6.31. The summed E-state index contributed by atoms with van der Waals surface area (Å²) >= 11 is 6.19. The van der Waals surface area contributed by atoms with Gasteiger partial charge in [0.2, 0.25) is 0 Å². The molecule has 1 aliphatic heterocycles. The van der Waals surface area contributed by atoms with Gasteiger partial charge in [-0.25, -0.2) is 4.79 Å². The summed E-state index contributed by atoms with van der Waals surface area (Å²) in [6.07, 6.45) is 0. The van der Waals surface area contributed by atoms with Crippen LogP contribution in [0.2, 0.25) is 5.02 Å². The van der Waals surface area contributed by atoms with E-state index < -0.39 is 5.97 Å². The number of benzene rings is 2. The first-order chi connectivity index (χ1) is 12.4. The van der Waals surface area contributed by atoms with Gasteiger partial charge in [-0.1, -0.05) is 37.6 Å². The summed E-state index contributed by atoms with van der Waals surface area (Å²) in [6.45, 7) is 5.58. The van der Waals surface area contributed by atoms with Gasteiger partial charge in [-0.2, -0.15) is 0 Å². The number of fused-ring (bicyclic) bond motifs is 1. The maximum absolute atomic E-state index is 12.5. The van der Waals surface area contributed by atoms with Crippen LogP contribution in [0.1, 0.15) is 30.9 Å². The minimum Gasteiger partial charge on any atom is -0.482 e. The van der Waals surface area contributed by atoms with Gasteiger partial charge in [0.25, 0.3) is 5.91 Å². The average Bonchev–Trinajstić information content (AvgIpc) is 2.60. The van der Waals surface area contributed by atoms with E-state index in [0.717, 1.165) is 11.1 Å². The molecule has 6 heteroatoms. The fraction of sp³-hybridized carbons (Fsp3) is 0.300. The number of esters is 1. The third kappa shape index (κ3) is 3.68. The Morgan fingerprint density at radius 1 is 1.31 bits per heavy atom. The predicted molar refractivity (Wildman–Crippen MR) is 100 cm³/mol. The van der Waals surface area contributed by atoms with Crippen LogP contribution in [0.15, 0.2) is 36.4 Å². The first-order valence-electron chi connectivity index (χ1n) is 8.39. The zero-order valence-corrected chi connectivity index (χ0v) is 15.7. The van der Waals surface area contributed by atoms with E-state index in [2.05, 4.69) is 0 Å². The van der Waals surface area contributed by atoms with Crippen molar-refractivity contribution in [3.8, 4) is 11.5 Å². The summed E-state index contributed by atoms with van der Waals surface area (Å²) in [6, 6.07) is 10.7. The molecule has 136 valence electrons. The Kier molecular flexibility index (Phi) is 5.18. The van der Waals surface area contributed by atoms with E-state index in [1.54, 1.807) is 24.3 Å². The van der Waals surface area contributed by atoms with E-state index in [1.165, 1.54) is 4.90 Å². The second-order valence-corrected chi connectivity index (χ2v) is 6.91. The number of para-hydroxylation sites is 2. The number of halogens is 1. The number of carbonyl (C=O) groups excluding carboxylic acids is 2. The van der Waals surface area contributed by atoms with Crippen LogP contribution in [0.3, 0.4) is 0 Å². The van der Waals surface area contributed by atoms with Crippen molar-refractivity contribution in [2.75, 3.05) is 18.1 Å². The summed E-state index contributed by atoms with van der Waals surface area (Å²) in [4.78, 5) is 26.1. The highest BCUT2D eigenvalue weighted by atomic mass is 35.5. The zero-order chi connectivity index (χ0) is 18.8. The van der Waals surface area contributed by atoms with Crippen molar-refractivity contribution in [1.29, 1.82) is 0 Å². The number of hydrogen-bond acceptors (Lipinski definition) is 4. The molecule has 1 aliphatic rings. The van der Waals surface area contributed by atoms with Crippen LogP contribution in [0.25, 0.3) is 0 Å². The van der Waals surface area contributed by atoms with Gasteiger partial charge in [0.05, 0.1) is 5.69 Å². The van der Waals surface area contributed by atoms with Crippen LogP contribution in [-0.4, -0.2) is 25.0 Å². The molecule has 1 heterocycles. The maximum Gasteiger partial charge on any atom is 0.331 e. The van der Waals surface area contributed by atoms with Gasteiger partial charge in [0, 0.05) is 5.02 Å². The molecule has 1 amide bonds. The molecule has 2 aromatic rings. The van der Waals surface area contributed by atoms with Gasteiger partial charge in [-0.15, -0.1) is 0 Å². The molecule has 5 nitrogen and oxygen atoms in total. The molecule has 3 rings (SSSR count). The lowest BCUT2D eigenvalue weighted by atomic mass is 10.0. The molecule has 0 bridgehead atoms. The van der Waals surface area contributed by atoms with E-state index in [1.807, 2.05) is 32.9 Å². The number of rotatable bonds is 4. The lowest BCUT2D eigenvalue weighted by Gasteiger charge is -2.28. The molecule has 0 atom stereocenters. The Labute approximate surface area is 157 Å². The number of amides is 1. The van der Waals surface area contributed by atoms with Crippen LogP contribution in [0.5, 0.6) is 11.5 Å². The number of nitrogens with zero attached hydrogens (tertiary/aromatic N) is 1. The molecular weight excluding hydrogens is 354 g/mol. The van der Waals surface area contributed by atoms with Crippen molar-refractivity contribution in [3.05, 3.63) is 52.5 Å². The van der Waals surface area contributed by atoms with Crippen molar-refractivity contribution in [2.24, 2.45) is 0 Å². The zero-order valence-electron chi connectivity index (χ0n) is 14.9. The Bertz CT molecular complexity index is 863. The third-order valence-electron chi connectivity index (χ3n) is 4.23. The molecule has 0 spiro atoms. The lowest BCUT2D eigenvalue weighted by molar-refractivity contribution is -0.134. The molecule has 0 saturated heterocycles. The fourth-order valence-electron chi connectivity index (χ4n) is 2.82. The standard InChI is InChI=1S/C20H20ClNO4/c1-12(2)14-9-15(21)13(3)8-18(14)26-20(24)10-22-16-6-4-5-7-17(16)25-11-19(22)23/h4-9,12H,10-11H2,1-3H3. The molecule has 26 heavy (non-hydrogen) atoms. The number of ether oxygens (including phenoxy) is 2. The topological polar surface area (TPSA) is 55.8 Å². The predicted octanol–water partition coefficient (Wildman–Crippen LogP) is 4.10. The molecule has 0 aromatic heterocycles. The van der Waals surface area contributed by atoms with Crippen LogP contribution in [-0.2, 0) is 9.59 Å². The second-order valence-electron chi connectivity index (χ2n) is 6.50. The van der Waals surface area contributed by atoms with Crippen molar-refractivity contribution in [1.82, 2.24) is 0 Å². The number of hydrogen-bond donors (Lipinski definition) is 0. The van der Waals surface area contributed by atoms with Crippen molar-refractivity contribution in [3.63, 3.8) is 0 Å². The van der Waals surface area contributed by atoms with Gasteiger partial charge in [-0.3, -0.25) is 9.69 Å². The van der Waals surface area contributed by atoms with Crippen molar-refractivity contribution < 1.29 is 19.1 Å².